The van der Waals surface area contributed by atoms with Crippen molar-refractivity contribution in [2.45, 2.75) is 19.8 Å². The van der Waals surface area contributed by atoms with Gasteiger partial charge in [-0.05, 0) is 55.4 Å². The topological polar surface area (TPSA) is 95.6 Å². The highest BCUT2D eigenvalue weighted by atomic mass is 32.2. The van der Waals surface area contributed by atoms with Crippen LogP contribution in [0.2, 0.25) is 0 Å². The molecule has 2 aromatic rings. The summed E-state index contributed by atoms with van der Waals surface area (Å²) in [4.78, 5) is 24.0. The second kappa shape index (κ2) is 11.0. The van der Waals surface area contributed by atoms with E-state index in [1.807, 2.05) is 12.5 Å². The molecule has 1 aromatic carbocycles. The number of nitrogens with zero attached hydrogens (tertiary/aromatic N) is 3. The van der Waals surface area contributed by atoms with E-state index in [9.17, 15) is 4.79 Å². The Labute approximate surface area is 185 Å². The fraction of sp³-hybridized carbons (Fsp3) is 0.381. The molecule has 1 saturated heterocycles. The Kier molecular flexibility index (Phi) is 8.15. The molecule has 1 fully saturated rings. The summed E-state index contributed by atoms with van der Waals surface area (Å²) in [6.07, 6.45) is 9.37. The molecule has 0 saturated carbocycles. The van der Waals surface area contributed by atoms with Crippen LogP contribution in [0.25, 0.3) is 10.4 Å². The van der Waals surface area contributed by atoms with Gasteiger partial charge in [-0.2, -0.15) is 0 Å². The van der Waals surface area contributed by atoms with Crippen LogP contribution >= 0.6 is 23.1 Å². The lowest BCUT2D eigenvalue weighted by molar-refractivity contribution is -0.119. The SMILES string of the molecule is CS/C(N)=C/C=N\CNc1cc(C)cc(-c2cnc(N3CCCCNC(=O)C3)s2)c1. The summed E-state index contributed by atoms with van der Waals surface area (Å²) >= 11 is 3.11. The number of thiazole rings is 1. The van der Waals surface area contributed by atoms with Crippen molar-refractivity contribution >= 4 is 46.0 Å². The second-order valence-corrected chi connectivity index (χ2v) is 8.90. The first-order valence-electron chi connectivity index (χ1n) is 9.88. The molecule has 0 unspecified atom stereocenters. The minimum Gasteiger partial charge on any atom is -0.393 e. The van der Waals surface area contributed by atoms with Gasteiger partial charge in [-0.3, -0.25) is 9.79 Å². The van der Waals surface area contributed by atoms with Gasteiger partial charge < -0.3 is 21.3 Å². The van der Waals surface area contributed by atoms with Gasteiger partial charge in [0.1, 0.15) is 6.67 Å². The summed E-state index contributed by atoms with van der Waals surface area (Å²) in [5.41, 5.74) is 9.00. The van der Waals surface area contributed by atoms with E-state index in [4.69, 9.17) is 5.73 Å². The number of thioether (sulfide) groups is 1. The van der Waals surface area contributed by atoms with Gasteiger partial charge in [0.25, 0.3) is 0 Å². The molecule has 1 aliphatic rings. The Hall–Kier alpha value is -2.52. The number of anilines is 2. The molecule has 0 atom stereocenters. The normalized spacial score (nSPS) is 15.7. The van der Waals surface area contributed by atoms with Gasteiger partial charge in [-0.25, -0.2) is 4.98 Å². The monoisotopic (exact) mass is 444 g/mol. The highest BCUT2D eigenvalue weighted by Gasteiger charge is 2.17. The van der Waals surface area contributed by atoms with Crippen molar-refractivity contribution in [1.29, 1.82) is 0 Å². The van der Waals surface area contributed by atoms with Crippen molar-refractivity contribution in [2.75, 3.05) is 42.8 Å². The van der Waals surface area contributed by atoms with Crippen LogP contribution < -0.4 is 21.3 Å². The van der Waals surface area contributed by atoms with E-state index in [1.54, 1.807) is 23.6 Å². The van der Waals surface area contributed by atoms with E-state index in [1.165, 1.54) is 11.8 Å². The number of aryl methyl sites for hydroxylation is 1. The Bertz CT molecular complexity index is 924. The number of carbonyl (C=O) groups is 1. The zero-order valence-electron chi connectivity index (χ0n) is 17.4. The van der Waals surface area contributed by atoms with E-state index >= 15 is 0 Å². The Morgan fingerprint density at radius 1 is 1.43 bits per heavy atom. The van der Waals surface area contributed by atoms with Crippen LogP contribution in [-0.2, 0) is 4.79 Å². The van der Waals surface area contributed by atoms with Gasteiger partial charge in [-0.1, -0.05) is 17.4 Å². The Morgan fingerprint density at radius 2 is 2.30 bits per heavy atom. The number of nitrogens with two attached hydrogens (primary N) is 1. The molecule has 1 amide bonds. The van der Waals surface area contributed by atoms with Gasteiger partial charge in [0.05, 0.1) is 16.5 Å². The quantitative estimate of drug-likeness (QED) is 0.566. The zero-order chi connectivity index (χ0) is 21.3. The Morgan fingerprint density at radius 3 is 3.13 bits per heavy atom. The summed E-state index contributed by atoms with van der Waals surface area (Å²) in [5, 5.41) is 7.89. The predicted molar refractivity (Wildman–Crippen MR) is 130 cm³/mol. The predicted octanol–water partition coefficient (Wildman–Crippen LogP) is 3.44. The number of benzene rings is 1. The highest BCUT2D eigenvalue weighted by Crippen LogP contribution is 2.33. The molecule has 4 N–H and O–H groups in total. The van der Waals surface area contributed by atoms with E-state index in [0.717, 1.165) is 57.8 Å². The summed E-state index contributed by atoms with van der Waals surface area (Å²) in [5.74, 6) is 0.0585. The maximum Gasteiger partial charge on any atom is 0.239 e. The Balaban J connectivity index is 1.69. The molecule has 3 rings (SSSR count). The van der Waals surface area contributed by atoms with Gasteiger partial charge in [-0.15, -0.1) is 11.8 Å². The third kappa shape index (κ3) is 6.50. The van der Waals surface area contributed by atoms with Crippen LogP contribution in [0, 0.1) is 6.92 Å². The number of amides is 1. The molecular weight excluding hydrogens is 416 g/mol. The van der Waals surface area contributed by atoms with Crippen LogP contribution in [0.3, 0.4) is 0 Å². The molecule has 0 bridgehead atoms. The number of hydrogen-bond donors (Lipinski definition) is 3. The smallest absolute Gasteiger partial charge is 0.239 e. The summed E-state index contributed by atoms with van der Waals surface area (Å²) < 4.78 is 0. The molecule has 7 nitrogen and oxygen atoms in total. The molecule has 0 spiro atoms. The summed E-state index contributed by atoms with van der Waals surface area (Å²) in [6.45, 7) is 4.53. The lowest BCUT2D eigenvalue weighted by Crippen LogP contribution is -2.40. The number of hydrogen-bond acceptors (Lipinski definition) is 8. The van der Waals surface area contributed by atoms with Crippen molar-refractivity contribution in [2.24, 2.45) is 10.7 Å². The maximum absolute atomic E-state index is 12.0. The minimum atomic E-state index is 0.0585. The van der Waals surface area contributed by atoms with Gasteiger partial charge in [0.15, 0.2) is 5.13 Å². The highest BCUT2D eigenvalue weighted by molar-refractivity contribution is 8.02. The molecule has 0 aliphatic carbocycles. The van der Waals surface area contributed by atoms with Crippen molar-refractivity contribution in [3.8, 4) is 10.4 Å². The molecule has 0 radical (unpaired) electrons. The number of aromatic nitrogens is 1. The fourth-order valence-corrected chi connectivity index (χ4v) is 4.21. The van der Waals surface area contributed by atoms with Crippen molar-refractivity contribution in [3.05, 3.63) is 41.1 Å². The molecule has 160 valence electrons. The van der Waals surface area contributed by atoms with Crippen molar-refractivity contribution < 1.29 is 4.79 Å². The van der Waals surface area contributed by atoms with E-state index in [-0.39, 0.29) is 5.91 Å². The molecule has 1 aliphatic heterocycles. The first kappa shape index (κ1) is 22.2. The van der Waals surface area contributed by atoms with Crippen LogP contribution in [0.5, 0.6) is 0 Å². The number of rotatable bonds is 7. The summed E-state index contributed by atoms with van der Waals surface area (Å²) in [7, 11) is 0. The average Bonchev–Trinajstić information content (AvgIpc) is 3.20. The number of carbonyl (C=O) groups excluding carboxylic acids is 1. The summed E-state index contributed by atoms with van der Waals surface area (Å²) in [6, 6.07) is 6.34. The fourth-order valence-electron chi connectivity index (χ4n) is 3.08. The minimum absolute atomic E-state index is 0.0585. The lowest BCUT2D eigenvalue weighted by atomic mass is 10.1. The first-order valence-corrected chi connectivity index (χ1v) is 11.9. The molecule has 1 aromatic heterocycles. The number of allylic oxidation sites excluding steroid dienone is 1. The molecule has 30 heavy (non-hydrogen) atoms. The standard InChI is InChI=1S/C21H28N6OS2/c1-15-9-16(11-17(10-15)26-14-23-7-5-19(22)29-2)18-12-25-21(30-18)27-8-4-3-6-24-20(28)13-27/h5,7,9-12,26H,3-4,6,8,13-14,22H2,1-2H3,(H,24,28)/b19-5+,23-7-. The van der Waals surface area contributed by atoms with Gasteiger partial charge >= 0.3 is 0 Å². The third-order valence-corrected chi connectivity index (χ3v) is 6.31. The van der Waals surface area contributed by atoms with Gasteiger partial charge in [0, 0.05) is 31.2 Å². The van der Waals surface area contributed by atoms with Crippen molar-refractivity contribution in [3.63, 3.8) is 0 Å². The zero-order valence-corrected chi connectivity index (χ0v) is 19.0. The lowest BCUT2D eigenvalue weighted by Gasteiger charge is -2.23. The van der Waals surface area contributed by atoms with E-state index in [0.29, 0.717) is 13.2 Å². The largest absolute Gasteiger partial charge is 0.393 e. The molecule has 2 heterocycles. The third-order valence-electron chi connectivity index (χ3n) is 4.59. The molecular formula is C21H28N6OS2. The van der Waals surface area contributed by atoms with Crippen LogP contribution in [0.15, 0.2) is 40.5 Å². The maximum atomic E-state index is 12.0. The number of aliphatic imine (C=N–C) groups is 1. The van der Waals surface area contributed by atoms with Crippen LogP contribution in [0.1, 0.15) is 18.4 Å². The average molecular weight is 445 g/mol. The number of nitrogens with one attached hydrogen (secondary N) is 2. The van der Waals surface area contributed by atoms with Crippen LogP contribution in [-0.4, -0.2) is 49.7 Å². The second-order valence-electron chi connectivity index (χ2n) is 7.01. The molecule has 9 heteroatoms. The van der Waals surface area contributed by atoms with Gasteiger partial charge in [0.2, 0.25) is 5.91 Å². The van der Waals surface area contributed by atoms with Crippen molar-refractivity contribution in [1.82, 2.24) is 10.3 Å². The van der Waals surface area contributed by atoms with Crippen LogP contribution in [0.4, 0.5) is 10.8 Å². The van der Waals surface area contributed by atoms with E-state index in [2.05, 4.69) is 50.6 Å². The van der Waals surface area contributed by atoms with E-state index < -0.39 is 0 Å². The first-order chi connectivity index (χ1) is 14.5.